The van der Waals surface area contributed by atoms with Gasteiger partial charge in [-0.1, -0.05) is 6.07 Å². The van der Waals surface area contributed by atoms with Crippen LogP contribution in [0.25, 0.3) is 0 Å². The Morgan fingerprint density at radius 2 is 2.06 bits per heavy atom. The zero-order valence-corrected chi connectivity index (χ0v) is 17.1. The Morgan fingerprint density at radius 1 is 1.26 bits per heavy atom. The molecule has 3 atom stereocenters. The standard InChI is InChI=1S/C21H19F2N3O4S/c22-12-3-1-10(14(23)5-12)6-24-20(29)13-7-25-8-16-26(15-4-2-11(15)9-31-16)21(30)17(25)19(28)18(13)27/h1,3,5,7,11,15-16,28H,2,4,6,8-9H2,(H,24,29)/t11-,15-,16?/m0/s1. The second-order valence-corrected chi connectivity index (χ2v) is 9.26. The highest BCUT2D eigenvalue weighted by Crippen LogP contribution is 2.45. The molecule has 2 aromatic rings. The average molecular weight is 447 g/mol. The summed E-state index contributed by atoms with van der Waals surface area (Å²) in [7, 11) is 0. The molecule has 1 saturated carbocycles. The van der Waals surface area contributed by atoms with E-state index in [1.165, 1.54) is 16.8 Å². The molecule has 3 heterocycles. The molecule has 0 spiro atoms. The number of hydrogen-bond acceptors (Lipinski definition) is 5. The first kappa shape index (κ1) is 20.0. The Hall–Kier alpha value is -2.88. The van der Waals surface area contributed by atoms with E-state index in [0.29, 0.717) is 18.5 Å². The lowest BCUT2D eigenvalue weighted by molar-refractivity contribution is 0.0260. The highest BCUT2D eigenvalue weighted by atomic mass is 32.2. The molecule has 2 N–H and O–H groups in total. The third-order valence-electron chi connectivity index (χ3n) is 6.29. The largest absolute Gasteiger partial charge is 0.503 e. The number of rotatable bonds is 3. The van der Waals surface area contributed by atoms with Crippen LogP contribution in [0.2, 0.25) is 0 Å². The second kappa shape index (κ2) is 7.37. The maximum absolute atomic E-state index is 13.8. The van der Waals surface area contributed by atoms with Crippen LogP contribution in [0.3, 0.4) is 0 Å². The third-order valence-corrected chi connectivity index (χ3v) is 7.67. The van der Waals surface area contributed by atoms with Crippen LogP contribution >= 0.6 is 11.8 Å². The van der Waals surface area contributed by atoms with Crippen molar-refractivity contribution in [2.75, 3.05) is 5.75 Å². The number of nitrogens with one attached hydrogen (secondary N) is 1. The first-order valence-electron chi connectivity index (χ1n) is 9.98. The van der Waals surface area contributed by atoms with Crippen LogP contribution in [-0.2, 0) is 13.1 Å². The lowest BCUT2D eigenvalue weighted by atomic mass is 9.79. The summed E-state index contributed by atoms with van der Waals surface area (Å²) in [5.41, 5.74) is -1.34. The van der Waals surface area contributed by atoms with Crippen LogP contribution in [0.1, 0.15) is 39.3 Å². The second-order valence-electron chi connectivity index (χ2n) is 8.05. The normalized spacial score (nSPS) is 24.0. The lowest BCUT2D eigenvalue weighted by Crippen LogP contribution is -2.61. The summed E-state index contributed by atoms with van der Waals surface area (Å²) < 4.78 is 28.3. The maximum Gasteiger partial charge on any atom is 0.275 e. The molecule has 7 nitrogen and oxygen atoms in total. The summed E-state index contributed by atoms with van der Waals surface area (Å²) in [6.07, 6.45) is 3.26. The molecule has 0 radical (unpaired) electrons. The van der Waals surface area contributed by atoms with Gasteiger partial charge in [-0.2, -0.15) is 0 Å². The summed E-state index contributed by atoms with van der Waals surface area (Å²) >= 11 is 1.66. The molecule has 10 heteroatoms. The summed E-state index contributed by atoms with van der Waals surface area (Å²) in [5.74, 6) is -2.12. The maximum atomic E-state index is 13.8. The molecule has 31 heavy (non-hydrogen) atoms. The minimum Gasteiger partial charge on any atom is -0.503 e. The van der Waals surface area contributed by atoms with Crippen molar-refractivity contribution < 1.29 is 23.5 Å². The molecule has 2 aliphatic heterocycles. The van der Waals surface area contributed by atoms with E-state index in [-0.39, 0.29) is 34.8 Å². The van der Waals surface area contributed by atoms with Crippen molar-refractivity contribution in [1.29, 1.82) is 0 Å². The van der Waals surface area contributed by atoms with E-state index < -0.39 is 34.6 Å². The van der Waals surface area contributed by atoms with Gasteiger partial charge in [-0.3, -0.25) is 14.4 Å². The molecule has 1 unspecified atom stereocenters. The summed E-state index contributed by atoms with van der Waals surface area (Å²) in [6.45, 7) is 0.0941. The number of benzene rings is 1. The van der Waals surface area contributed by atoms with E-state index in [1.54, 1.807) is 16.7 Å². The SMILES string of the molecule is O=C(NCc1ccc(F)cc1F)c1cn2c(c(O)c1=O)C(=O)N1C(C2)SC[C@@H]2CC[C@@H]21. The minimum absolute atomic E-state index is 0.0523. The van der Waals surface area contributed by atoms with Crippen molar-refractivity contribution >= 4 is 23.6 Å². The van der Waals surface area contributed by atoms with Crippen molar-refractivity contribution in [2.45, 2.75) is 37.3 Å². The number of carbonyl (C=O) groups excluding carboxylic acids is 2. The first-order chi connectivity index (χ1) is 14.8. The van der Waals surface area contributed by atoms with Gasteiger partial charge in [0.25, 0.3) is 11.8 Å². The Bertz CT molecular complexity index is 1170. The molecular weight excluding hydrogens is 428 g/mol. The van der Waals surface area contributed by atoms with Crippen molar-refractivity contribution in [1.82, 2.24) is 14.8 Å². The minimum atomic E-state index is -0.954. The molecular formula is C21H19F2N3O4S. The Kier molecular flexibility index (Phi) is 4.76. The van der Waals surface area contributed by atoms with E-state index in [1.807, 2.05) is 0 Å². The van der Waals surface area contributed by atoms with Crippen LogP contribution < -0.4 is 10.7 Å². The lowest BCUT2D eigenvalue weighted by Gasteiger charge is -2.53. The molecule has 162 valence electrons. The molecule has 5 rings (SSSR count). The van der Waals surface area contributed by atoms with Crippen molar-refractivity contribution in [3.05, 3.63) is 63.1 Å². The number of pyridine rings is 1. The zero-order chi connectivity index (χ0) is 21.9. The van der Waals surface area contributed by atoms with Gasteiger partial charge < -0.3 is 19.9 Å². The van der Waals surface area contributed by atoms with Crippen molar-refractivity contribution in [2.24, 2.45) is 5.92 Å². The molecule has 2 amide bonds. The van der Waals surface area contributed by atoms with E-state index >= 15 is 0 Å². The average Bonchev–Trinajstić information content (AvgIpc) is 2.70. The number of carbonyl (C=O) groups is 2. The van der Waals surface area contributed by atoms with Crippen LogP contribution in [0.4, 0.5) is 8.78 Å². The van der Waals surface area contributed by atoms with Crippen LogP contribution in [-0.4, -0.2) is 43.6 Å². The van der Waals surface area contributed by atoms with Gasteiger partial charge >= 0.3 is 0 Å². The number of nitrogens with zero attached hydrogens (tertiary/aromatic N) is 2. The van der Waals surface area contributed by atoms with E-state index in [2.05, 4.69) is 5.32 Å². The molecule has 1 aromatic heterocycles. The highest BCUT2D eigenvalue weighted by molar-refractivity contribution is 7.99. The van der Waals surface area contributed by atoms with Crippen LogP contribution in [0, 0.1) is 17.6 Å². The molecule has 3 aliphatic rings. The quantitative estimate of drug-likeness (QED) is 0.752. The smallest absolute Gasteiger partial charge is 0.275 e. The van der Waals surface area contributed by atoms with Gasteiger partial charge in [0.2, 0.25) is 5.43 Å². The third kappa shape index (κ3) is 3.20. The van der Waals surface area contributed by atoms with Crippen molar-refractivity contribution in [3.8, 4) is 5.75 Å². The van der Waals surface area contributed by atoms with Gasteiger partial charge in [-0.15, -0.1) is 11.8 Å². The van der Waals surface area contributed by atoms with Crippen LogP contribution in [0.5, 0.6) is 5.75 Å². The van der Waals surface area contributed by atoms with Gasteiger partial charge in [0.05, 0.1) is 11.9 Å². The van der Waals surface area contributed by atoms with Gasteiger partial charge in [0.15, 0.2) is 11.4 Å². The van der Waals surface area contributed by atoms with E-state index in [4.69, 9.17) is 0 Å². The topological polar surface area (TPSA) is 91.6 Å². The number of aromatic nitrogens is 1. The summed E-state index contributed by atoms with van der Waals surface area (Å²) in [4.78, 5) is 40.1. The predicted molar refractivity (Wildman–Crippen MR) is 109 cm³/mol. The Morgan fingerprint density at radius 3 is 2.77 bits per heavy atom. The van der Waals surface area contributed by atoms with Crippen molar-refractivity contribution in [3.63, 3.8) is 0 Å². The number of aromatic hydroxyl groups is 1. The van der Waals surface area contributed by atoms with Crippen LogP contribution in [0.15, 0.2) is 29.2 Å². The predicted octanol–water partition coefficient (Wildman–Crippen LogP) is 2.07. The number of hydrogen-bond donors (Lipinski definition) is 2. The number of thioether (sulfide) groups is 1. The Balaban J connectivity index is 1.43. The molecule has 1 aromatic carbocycles. The highest BCUT2D eigenvalue weighted by Gasteiger charge is 2.49. The summed E-state index contributed by atoms with van der Waals surface area (Å²) in [5, 5.41) is 12.8. The fraction of sp³-hybridized carbons (Fsp3) is 0.381. The monoisotopic (exact) mass is 447 g/mol. The zero-order valence-electron chi connectivity index (χ0n) is 16.3. The Labute approximate surface area is 180 Å². The van der Waals surface area contributed by atoms with Gasteiger partial charge in [0, 0.05) is 36.2 Å². The fourth-order valence-electron chi connectivity index (χ4n) is 4.47. The molecule has 1 saturated heterocycles. The first-order valence-corrected chi connectivity index (χ1v) is 11.0. The van der Waals surface area contributed by atoms with Gasteiger partial charge in [-0.25, -0.2) is 8.78 Å². The number of halogens is 2. The van der Waals surface area contributed by atoms with Gasteiger partial charge in [0.1, 0.15) is 17.2 Å². The molecule has 1 aliphatic carbocycles. The van der Waals surface area contributed by atoms with E-state index in [0.717, 1.165) is 24.7 Å². The molecule has 2 fully saturated rings. The number of amides is 2. The fourth-order valence-corrected chi connectivity index (χ4v) is 6.01. The summed E-state index contributed by atoms with van der Waals surface area (Å²) in [6, 6.07) is 3.10. The van der Waals surface area contributed by atoms with E-state index in [9.17, 15) is 28.3 Å². The number of fused-ring (bicyclic) bond motifs is 4. The van der Waals surface area contributed by atoms with Gasteiger partial charge in [-0.05, 0) is 24.8 Å². The molecule has 0 bridgehead atoms.